The lowest BCUT2D eigenvalue weighted by Crippen LogP contribution is -2.48. The fourth-order valence-corrected chi connectivity index (χ4v) is 4.52. The zero-order chi connectivity index (χ0) is 26.1. The predicted octanol–water partition coefficient (Wildman–Crippen LogP) is 4.56. The van der Waals surface area contributed by atoms with Crippen LogP contribution in [0.25, 0.3) is 10.9 Å². The minimum absolute atomic E-state index is 0.153. The summed E-state index contributed by atoms with van der Waals surface area (Å²) in [7, 11) is 0. The number of hydrogen-bond donors (Lipinski definition) is 4. The first kappa shape index (κ1) is 23.2. The lowest BCUT2D eigenvalue weighted by atomic mass is 9.99. The van der Waals surface area contributed by atoms with E-state index in [-0.39, 0.29) is 17.8 Å². The van der Waals surface area contributed by atoms with Crippen molar-refractivity contribution in [2.24, 2.45) is 4.99 Å². The molecule has 3 amide bonds. The Morgan fingerprint density at radius 2 is 1.82 bits per heavy atom. The van der Waals surface area contributed by atoms with Crippen LogP contribution in [-0.2, 0) is 11.3 Å². The third-order valence-electron chi connectivity index (χ3n) is 6.30. The molecule has 0 fully saturated rings. The fraction of sp³-hybridized carbons (Fsp3) is 0.0714. The van der Waals surface area contributed by atoms with Gasteiger partial charge in [0.1, 0.15) is 5.82 Å². The van der Waals surface area contributed by atoms with E-state index in [1.165, 1.54) is 17.3 Å². The highest BCUT2D eigenvalue weighted by Gasteiger charge is 2.34. The SMILES string of the molecule is O=C(Nc1ccc2[nH]ccc2c1)N[C@@H]1N=C(c2ccccc2F)c2ccccc2N(Cc2cnc[nH]2)C1=O. The number of carbonyl (C=O) groups excluding carboxylic acids is 2. The molecule has 3 heterocycles. The number of fused-ring (bicyclic) bond motifs is 2. The van der Waals surface area contributed by atoms with Crippen LogP contribution in [0.5, 0.6) is 0 Å². The maximum absolute atomic E-state index is 15.0. The van der Waals surface area contributed by atoms with Crippen molar-refractivity contribution in [3.63, 3.8) is 0 Å². The summed E-state index contributed by atoms with van der Waals surface area (Å²) in [6, 6.07) is 20.0. The smallest absolute Gasteiger partial charge is 0.321 e. The number of halogens is 1. The second-order valence-electron chi connectivity index (χ2n) is 8.76. The monoisotopic (exact) mass is 507 g/mol. The van der Waals surface area contributed by atoms with E-state index < -0.39 is 23.9 Å². The van der Waals surface area contributed by atoms with E-state index in [2.05, 4.69) is 30.6 Å². The molecule has 6 rings (SSSR count). The van der Waals surface area contributed by atoms with Gasteiger partial charge in [-0.15, -0.1) is 0 Å². The van der Waals surface area contributed by atoms with Crippen molar-refractivity contribution in [3.8, 4) is 0 Å². The first-order valence-corrected chi connectivity index (χ1v) is 11.9. The van der Waals surface area contributed by atoms with Crippen LogP contribution in [0.15, 0.2) is 96.5 Å². The van der Waals surface area contributed by atoms with Gasteiger partial charge in [-0.2, -0.15) is 0 Å². The topological polar surface area (TPSA) is 118 Å². The molecule has 1 aliphatic rings. The van der Waals surface area contributed by atoms with Crippen molar-refractivity contribution < 1.29 is 14.0 Å². The molecule has 0 saturated heterocycles. The highest BCUT2D eigenvalue weighted by atomic mass is 19.1. The van der Waals surface area contributed by atoms with Crippen LogP contribution in [0.3, 0.4) is 0 Å². The molecule has 10 heteroatoms. The predicted molar refractivity (Wildman–Crippen MR) is 142 cm³/mol. The van der Waals surface area contributed by atoms with Crippen molar-refractivity contribution >= 4 is 39.9 Å². The molecule has 2 aromatic heterocycles. The van der Waals surface area contributed by atoms with E-state index in [4.69, 9.17) is 0 Å². The Kier molecular flexibility index (Phi) is 5.89. The number of benzodiazepines with no additional fused rings is 1. The number of aromatic amines is 2. The summed E-state index contributed by atoms with van der Waals surface area (Å²) >= 11 is 0. The first-order valence-electron chi connectivity index (χ1n) is 11.9. The molecule has 0 bridgehead atoms. The quantitative estimate of drug-likeness (QED) is 0.279. The van der Waals surface area contributed by atoms with E-state index in [1.54, 1.807) is 54.7 Å². The molecular formula is C28H22FN7O2. The van der Waals surface area contributed by atoms with Gasteiger partial charge in [-0.3, -0.25) is 4.79 Å². The lowest BCUT2D eigenvalue weighted by Gasteiger charge is -2.25. The Labute approximate surface area is 216 Å². The Morgan fingerprint density at radius 3 is 2.63 bits per heavy atom. The van der Waals surface area contributed by atoms with Crippen LogP contribution in [0.1, 0.15) is 16.8 Å². The summed E-state index contributed by atoms with van der Waals surface area (Å²) in [6.07, 6.45) is 3.63. The van der Waals surface area contributed by atoms with Crippen molar-refractivity contribution in [1.29, 1.82) is 0 Å². The fourth-order valence-electron chi connectivity index (χ4n) is 4.52. The average Bonchev–Trinajstić information content (AvgIpc) is 3.60. The standard InChI is InChI=1S/C28H22FN7O2/c29-22-7-3-1-5-20(22)25-21-6-2-4-8-24(21)36(15-19-14-30-16-32-19)27(37)26(34-25)35-28(38)33-18-9-10-23-17(13-18)11-12-31-23/h1-14,16,26,31H,15H2,(H,30,32)(H2,33,35,38)/t26-/m0/s1. The summed E-state index contributed by atoms with van der Waals surface area (Å²) in [5.41, 5.74) is 3.75. The van der Waals surface area contributed by atoms with Gasteiger partial charge < -0.3 is 25.5 Å². The Morgan fingerprint density at radius 1 is 1.00 bits per heavy atom. The molecule has 5 aromatic rings. The number of H-pyrrole nitrogens is 2. The summed E-state index contributed by atoms with van der Waals surface area (Å²) < 4.78 is 15.0. The van der Waals surface area contributed by atoms with Crippen LogP contribution in [0.4, 0.5) is 20.6 Å². The number of nitrogens with one attached hydrogen (secondary N) is 4. The van der Waals surface area contributed by atoms with Gasteiger partial charge in [0.2, 0.25) is 6.17 Å². The molecule has 0 unspecified atom stereocenters. The number of benzene rings is 3. The van der Waals surface area contributed by atoms with Crippen LogP contribution >= 0.6 is 0 Å². The first-order chi connectivity index (χ1) is 18.6. The Bertz CT molecular complexity index is 1680. The number of nitrogens with zero attached hydrogens (tertiary/aromatic N) is 3. The molecule has 1 atom stereocenters. The molecule has 0 spiro atoms. The van der Waals surface area contributed by atoms with Crippen LogP contribution in [0, 0.1) is 5.82 Å². The van der Waals surface area contributed by atoms with E-state index in [0.29, 0.717) is 22.6 Å². The van der Waals surface area contributed by atoms with Crippen LogP contribution in [0.2, 0.25) is 0 Å². The molecule has 4 N–H and O–H groups in total. The Hall–Kier alpha value is -5.25. The molecule has 38 heavy (non-hydrogen) atoms. The number of imidazole rings is 1. The zero-order valence-corrected chi connectivity index (χ0v) is 20.0. The van der Waals surface area contributed by atoms with E-state index >= 15 is 0 Å². The normalized spacial score (nSPS) is 15.1. The van der Waals surface area contributed by atoms with Gasteiger partial charge >= 0.3 is 6.03 Å². The molecule has 9 nitrogen and oxygen atoms in total. The molecule has 0 saturated carbocycles. The number of amides is 3. The highest BCUT2D eigenvalue weighted by molar-refractivity contribution is 6.20. The third kappa shape index (κ3) is 4.39. The minimum atomic E-state index is -1.32. The number of para-hydroxylation sites is 1. The molecule has 3 aromatic carbocycles. The van der Waals surface area contributed by atoms with Crippen molar-refractivity contribution in [1.82, 2.24) is 20.3 Å². The van der Waals surface area contributed by atoms with Crippen molar-refractivity contribution in [2.45, 2.75) is 12.7 Å². The van der Waals surface area contributed by atoms with E-state index in [9.17, 15) is 14.0 Å². The van der Waals surface area contributed by atoms with Gasteiger partial charge in [-0.1, -0.05) is 30.3 Å². The molecule has 1 aliphatic heterocycles. The number of aliphatic imine (C=N–C) groups is 1. The van der Waals surface area contributed by atoms with Crippen molar-refractivity contribution in [3.05, 3.63) is 114 Å². The number of aromatic nitrogens is 3. The second kappa shape index (κ2) is 9.66. The molecule has 188 valence electrons. The van der Waals surface area contributed by atoms with Gasteiger partial charge in [0.15, 0.2) is 0 Å². The number of urea groups is 1. The number of carbonyl (C=O) groups is 2. The van der Waals surface area contributed by atoms with Gasteiger partial charge in [0.05, 0.1) is 30.0 Å². The van der Waals surface area contributed by atoms with Gasteiger partial charge in [0.25, 0.3) is 5.91 Å². The van der Waals surface area contributed by atoms with Crippen LogP contribution in [-0.4, -0.2) is 38.8 Å². The number of anilines is 2. The molecule has 0 aliphatic carbocycles. The lowest BCUT2D eigenvalue weighted by molar-refractivity contribution is -0.120. The average molecular weight is 508 g/mol. The largest absolute Gasteiger partial charge is 0.361 e. The highest BCUT2D eigenvalue weighted by Crippen LogP contribution is 2.30. The summed E-state index contributed by atoms with van der Waals surface area (Å²) in [4.78, 5) is 43.2. The zero-order valence-electron chi connectivity index (χ0n) is 20.0. The second-order valence-corrected chi connectivity index (χ2v) is 8.76. The summed E-state index contributed by atoms with van der Waals surface area (Å²) in [5, 5.41) is 6.37. The summed E-state index contributed by atoms with van der Waals surface area (Å²) in [6.45, 7) is 0.153. The van der Waals surface area contributed by atoms with E-state index in [0.717, 1.165) is 10.9 Å². The van der Waals surface area contributed by atoms with Crippen molar-refractivity contribution in [2.75, 3.05) is 10.2 Å². The number of rotatable bonds is 5. The van der Waals surface area contributed by atoms with Crippen LogP contribution < -0.4 is 15.5 Å². The van der Waals surface area contributed by atoms with E-state index in [1.807, 2.05) is 24.4 Å². The third-order valence-corrected chi connectivity index (χ3v) is 6.30. The molecular weight excluding hydrogens is 485 g/mol. The van der Waals surface area contributed by atoms with Gasteiger partial charge in [0, 0.05) is 40.1 Å². The maximum atomic E-state index is 15.0. The maximum Gasteiger partial charge on any atom is 0.321 e. The summed E-state index contributed by atoms with van der Waals surface area (Å²) in [5.74, 6) is -0.965. The number of hydrogen-bond acceptors (Lipinski definition) is 4. The minimum Gasteiger partial charge on any atom is -0.361 e. The Balaban J connectivity index is 1.39. The van der Waals surface area contributed by atoms with Gasteiger partial charge in [-0.05, 0) is 42.5 Å². The molecule has 0 radical (unpaired) electrons. The van der Waals surface area contributed by atoms with Gasteiger partial charge in [-0.25, -0.2) is 19.2 Å².